The summed E-state index contributed by atoms with van der Waals surface area (Å²) in [6.45, 7) is 2.20. The van der Waals surface area contributed by atoms with Crippen LogP contribution in [0.25, 0.3) is 0 Å². The predicted molar refractivity (Wildman–Crippen MR) is 511 cm³/mol. The molecule has 1 spiro atoms. The monoisotopic (exact) mass is 1770 g/mol. The summed E-state index contributed by atoms with van der Waals surface area (Å²) in [5, 5.41) is 0. The van der Waals surface area contributed by atoms with Crippen molar-refractivity contribution >= 4 is 122 Å². The number of nitrogens with zero attached hydrogens (tertiary/aromatic N) is 14. The third kappa shape index (κ3) is 21.7. The van der Waals surface area contributed by atoms with Gasteiger partial charge in [0.15, 0.2) is 0 Å². The zero-order valence-electron chi connectivity index (χ0n) is 72.5. The fourth-order valence-electron chi connectivity index (χ4n) is 15.9. The number of para-hydroxylation sites is 23. The molecule has 0 saturated heterocycles. The molecule has 6 unspecified atom stereocenters. The highest BCUT2D eigenvalue weighted by Crippen LogP contribution is 2.46. The summed E-state index contributed by atoms with van der Waals surface area (Å²) in [5.41, 5.74) is 9.03. The molecule has 27 nitrogen and oxygen atoms in total. The van der Waals surface area contributed by atoms with E-state index in [-0.39, 0.29) is 38.4 Å². The smallest absolute Gasteiger partial charge is 0.149 e. The second-order valence-corrected chi connectivity index (χ2v) is 31.9. The highest BCUT2D eigenvalue weighted by molar-refractivity contribution is 5.75. The van der Waals surface area contributed by atoms with E-state index in [0.29, 0.717) is 214 Å². The molecule has 13 aromatic carbocycles. The third-order valence-electron chi connectivity index (χ3n) is 22.8. The molecule has 1 fully saturated rings. The molecule has 21 rings (SSSR count). The van der Waals surface area contributed by atoms with Gasteiger partial charge in [-0.1, -0.05) is 152 Å². The summed E-state index contributed by atoms with van der Waals surface area (Å²) >= 11 is 0. The Kier molecular flexibility index (Phi) is 27.3. The number of hydrogen-bond acceptors (Lipinski definition) is 27. The summed E-state index contributed by atoms with van der Waals surface area (Å²) in [4.78, 5) is 62.8. The average Bonchev–Trinajstić information content (AvgIpc) is 1.28. The standard InChI is InChI=1S/C52H44N6O5.C31H24N4O4.C24H18N4O4/c1-2-14-37-35(13-1)31-36-25-26-49-51(62-47-23-11-6-18-41(47)57-33-55-39-16-4-9-21-45(39)60-49)29-30-52-50(28-27-43(36)59-44-20-8-3-15-38(44)54-32-53-37)61-46-22-10-5-17-40(46)56-34-58-42-19-7-12-24-48(42)63-52;1-5-13-27-23(9-1)32-21-33-24-10-2-6-14-28(24)37-18-31(17-36-27)19-38-29-15-7-3-11-25(29)34-22-35-26-12-4-8-16-30(26)39-20-31;1-3-7-21-17(5-1)25-15-27-19-13-20-24(14-23(19)31-11-9-29-21)32-12-10-30-22-8-4-2-6-18(22)26-16-28-20/h1-24,36,43,49-52H,25-31H2;1-16H,17-20H2;1-8,13-14H,9-12H2. The van der Waals surface area contributed by atoms with E-state index >= 15 is 0 Å². The van der Waals surface area contributed by atoms with Crippen LogP contribution in [0, 0.1) is 11.3 Å². The van der Waals surface area contributed by atoms with E-state index in [4.69, 9.17) is 66.6 Å². The summed E-state index contributed by atoms with van der Waals surface area (Å²) in [6, 6.07) is 115. The normalized spacial score (nSPS) is 19.3. The Balaban J connectivity index is 0.000000139. The average molecular weight is 1780 g/mol. The van der Waals surface area contributed by atoms with Crippen LogP contribution < -0.4 is 61.6 Å². The molecule has 7 aliphatic heterocycles. The van der Waals surface area contributed by atoms with Crippen LogP contribution in [0.5, 0.6) is 74.7 Å². The lowest BCUT2D eigenvalue weighted by molar-refractivity contribution is -0.00556. The molecule has 0 amide bonds. The molecule has 0 bridgehead atoms. The molecule has 0 aromatic heterocycles. The SMILES string of the molecule is C1=Nc2ccccc2CC2CCC3Oc4ccccc4N=C=Nc4ccccc4OC3CCC3Oc4ccccc4N=C=Nc4ccccc4OC3CCC2Oc2ccccc2N=1.C1=Nc2ccccc2OCC2(COc3ccccc3N=1)COc1ccccc1N=C=Nc1ccccc1OC2.C1=Nc2ccccc2OCCOc2cc3c(cc2N=1)N=C=Nc1ccccc1OCCO3. The van der Waals surface area contributed by atoms with Crippen molar-refractivity contribution in [1.82, 2.24) is 0 Å². The van der Waals surface area contributed by atoms with Gasteiger partial charge >= 0.3 is 0 Å². The van der Waals surface area contributed by atoms with Gasteiger partial charge in [0.05, 0.1) is 5.69 Å². The molecule has 27 heteroatoms. The lowest BCUT2D eigenvalue weighted by atomic mass is 9.83. The minimum atomic E-state index is -0.764. The molecule has 0 radical (unpaired) electrons. The second-order valence-electron chi connectivity index (χ2n) is 31.9. The van der Waals surface area contributed by atoms with Crippen LogP contribution in [-0.4, -0.2) is 125 Å². The first-order valence-corrected chi connectivity index (χ1v) is 44.1. The maximum atomic E-state index is 7.19. The first-order chi connectivity index (χ1) is 66.3. The summed E-state index contributed by atoms with van der Waals surface area (Å²) < 4.78 is 84.4. The van der Waals surface area contributed by atoms with Crippen molar-refractivity contribution in [2.24, 2.45) is 81.2 Å². The van der Waals surface area contributed by atoms with Gasteiger partial charge in [-0.05, 0) is 196 Å². The van der Waals surface area contributed by atoms with E-state index in [1.54, 1.807) is 12.1 Å². The van der Waals surface area contributed by atoms with Crippen LogP contribution in [0.4, 0.5) is 79.6 Å². The van der Waals surface area contributed by atoms with Crippen LogP contribution in [0.1, 0.15) is 44.1 Å². The minimum absolute atomic E-state index is 0.0219. The largest absolute Gasteiger partial charge is 0.490 e. The molecule has 7 heterocycles. The van der Waals surface area contributed by atoms with Crippen LogP contribution >= 0.6 is 0 Å². The molecule has 134 heavy (non-hydrogen) atoms. The Labute approximate surface area is 772 Å². The van der Waals surface area contributed by atoms with Gasteiger partial charge in [-0.2, -0.15) is 69.9 Å². The van der Waals surface area contributed by atoms with E-state index in [1.807, 2.05) is 279 Å². The van der Waals surface area contributed by atoms with Crippen LogP contribution in [0.3, 0.4) is 0 Å². The number of ether oxygens (including phenoxy) is 13. The minimum Gasteiger partial charge on any atom is -0.490 e. The fraction of sp³-hybridized carbons (Fsp3) is 0.206. The molecule has 8 aliphatic rings. The maximum absolute atomic E-state index is 7.19. The predicted octanol–water partition coefficient (Wildman–Crippen LogP) is 25.5. The second kappa shape index (κ2) is 42.4. The molecule has 6 atom stereocenters. The zero-order valence-corrected chi connectivity index (χ0v) is 72.5. The Morgan fingerprint density at radius 1 is 0.187 bits per heavy atom. The number of rotatable bonds is 0. The lowest BCUT2D eigenvalue weighted by Gasteiger charge is -2.36. The van der Waals surface area contributed by atoms with Crippen LogP contribution in [0.2, 0.25) is 0 Å². The van der Waals surface area contributed by atoms with Gasteiger partial charge in [-0.3, -0.25) is 0 Å². The van der Waals surface area contributed by atoms with Gasteiger partial charge in [0, 0.05) is 12.0 Å². The van der Waals surface area contributed by atoms with Crippen molar-refractivity contribution < 1.29 is 61.6 Å². The Morgan fingerprint density at radius 3 is 0.679 bits per heavy atom. The molecule has 0 N–H and O–H groups in total. The molecular weight excluding hydrogens is 1690 g/mol. The number of benzene rings is 13. The quantitative estimate of drug-likeness (QED) is 0.137. The van der Waals surface area contributed by atoms with E-state index < -0.39 is 29.8 Å². The lowest BCUT2D eigenvalue weighted by Crippen LogP contribution is -2.45. The summed E-state index contributed by atoms with van der Waals surface area (Å²) in [7, 11) is 0. The van der Waals surface area contributed by atoms with Crippen LogP contribution in [0.15, 0.2) is 373 Å². The van der Waals surface area contributed by atoms with Crippen molar-refractivity contribution in [2.45, 2.75) is 75.5 Å². The van der Waals surface area contributed by atoms with Gasteiger partial charge in [-0.15, -0.1) is 0 Å². The van der Waals surface area contributed by atoms with Gasteiger partial charge in [0.2, 0.25) is 0 Å². The first-order valence-electron chi connectivity index (χ1n) is 44.1. The summed E-state index contributed by atoms with van der Waals surface area (Å²) in [5.74, 6) is 7.75. The van der Waals surface area contributed by atoms with Gasteiger partial charge in [0.1, 0.15) is 280 Å². The van der Waals surface area contributed by atoms with Crippen molar-refractivity contribution in [2.75, 3.05) is 52.9 Å². The number of hydrogen-bond donors (Lipinski definition) is 0. The Morgan fingerprint density at radius 2 is 0.388 bits per heavy atom. The Hall–Kier alpha value is -17.1. The van der Waals surface area contributed by atoms with E-state index in [1.165, 1.54) is 0 Å². The van der Waals surface area contributed by atoms with Crippen molar-refractivity contribution in [3.8, 4) is 74.7 Å². The molecule has 1 saturated carbocycles. The van der Waals surface area contributed by atoms with Crippen molar-refractivity contribution in [3.05, 3.63) is 309 Å². The number of aliphatic imine (C=N–C) groups is 14. The highest BCUT2D eigenvalue weighted by Gasteiger charge is 2.40. The molecular formula is C107H86N14O13. The van der Waals surface area contributed by atoms with Crippen molar-refractivity contribution in [1.29, 1.82) is 0 Å². The zero-order chi connectivity index (χ0) is 90.1. The van der Waals surface area contributed by atoms with Crippen LogP contribution in [-0.2, 0) is 6.42 Å². The Bertz CT molecular complexity index is 6150. The maximum Gasteiger partial charge on any atom is 0.149 e. The van der Waals surface area contributed by atoms with Gasteiger partial charge < -0.3 is 61.6 Å². The topological polar surface area (TPSA) is 293 Å². The fourth-order valence-corrected chi connectivity index (χ4v) is 15.9. The number of fused-ring (bicyclic) bond motifs is 17. The first kappa shape index (κ1) is 86.3. The highest BCUT2D eigenvalue weighted by atomic mass is 16.6. The van der Waals surface area contributed by atoms with E-state index in [9.17, 15) is 0 Å². The molecule has 1 aliphatic carbocycles. The van der Waals surface area contributed by atoms with Gasteiger partial charge in [0.25, 0.3) is 0 Å². The van der Waals surface area contributed by atoms with Gasteiger partial charge in [-0.25, -0.2) is 0 Å². The third-order valence-corrected chi connectivity index (χ3v) is 22.8. The van der Waals surface area contributed by atoms with Crippen molar-refractivity contribution in [3.63, 3.8) is 0 Å². The van der Waals surface area contributed by atoms with E-state index in [0.717, 1.165) is 17.7 Å². The summed E-state index contributed by atoms with van der Waals surface area (Å²) in [6.07, 6.45) is 2.19. The molecule has 662 valence electrons. The molecule has 13 aromatic rings. The van der Waals surface area contributed by atoms with E-state index in [2.05, 4.69) is 119 Å².